The Hall–Kier alpha value is -0.860. The Morgan fingerprint density at radius 1 is 1.21 bits per heavy atom. The van der Waals surface area contributed by atoms with Crippen LogP contribution < -0.4 is 5.73 Å². The second-order valence-corrected chi connectivity index (χ2v) is 4.35. The van der Waals surface area contributed by atoms with Crippen LogP contribution in [0, 0.1) is 5.41 Å². The van der Waals surface area contributed by atoms with Crippen LogP contribution in [0.25, 0.3) is 0 Å². The minimum Gasteiger partial charge on any atom is -0.376 e. The van der Waals surface area contributed by atoms with Crippen molar-refractivity contribution in [2.45, 2.75) is 20.5 Å². The fourth-order valence-corrected chi connectivity index (χ4v) is 1.08. The molecule has 14 heavy (non-hydrogen) atoms. The summed E-state index contributed by atoms with van der Waals surface area (Å²) in [5.74, 6) is 0. The first-order chi connectivity index (χ1) is 6.64. The van der Waals surface area contributed by atoms with Crippen molar-refractivity contribution in [2.75, 3.05) is 13.2 Å². The van der Waals surface area contributed by atoms with Gasteiger partial charge in [0.05, 0.1) is 13.2 Å². The monoisotopic (exact) mass is 193 g/mol. The number of ether oxygens (including phenoxy) is 1. The Labute approximate surface area is 86.1 Å². The third-order valence-electron chi connectivity index (χ3n) is 2.16. The summed E-state index contributed by atoms with van der Waals surface area (Å²) in [5, 5.41) is 0. The SMILES string of the molecule is CC(C)(CN)COCc1ccccc1. The summed E-state index contributed by atoms with van der Waals surface area (Å²) in [5.41, 5.74) is 6.89. The lowest BCUT2D eigenvalue weighted by Gasteiger charge is -2.21. The summed E-state index contributed by atoms with van der Waals surface area (Å²) < 4.78 is 5.60. The van der Waals surface area contributed by atoms with E-state index in [4.69, 9.17) is 10.5 Å². The van der Waals surface area contributed by atoms with E-state index < -0.39 is 0 Å². The topological polar surface area (TPSA) is 35.2 Å². The zero-order chi connectivity index (χ0) is 10.4. The summed E-state index contributed by atoms with van der Waals surface area (Å²) >= 11 is 0. The van der Waals surface area contributed by atoms with Crippen LogP contribution in [0.4, 0.5) is 0 Å². The number of hydrogen-bond donors (Lipinski definition) is 1. The van der Waals surface area contributed by atoms with Crippen molar-refractivity contribution in [3.05, 3.63) is 35.9 Å². The van der Waals surface area contributed by atoms with E-state index in [-0.39, 0.29) is 5.41 Å². The standard InChI is InChI=1S/C12H19NO/c1-12(2,9-13)10-14-8-11-6-4-3-5-7-11/h3-7H,8-10,13H2,1-2H3. The second-order valence-electron chi connectivity index (χ2n) is 4.35. The van der Waals surface area contributed by atoms with Gasteiger partial charge in [-0.15, -0.1) is 0 Å². The van der Waals surface area contributed by atoms with Crippen molar-refractivity contribution in [1.29, 1.82) is 0 Å². The molecule has 2 heteroatoms. The third kappa shape index (κ3) is 3.90. The van der Waals surface area contributed by atoms with E-state index >= 15 is 0 Å². The van der Waals surface area contributed by atoms with Gasteiger partial charge in [0.2, 0.25) is 0 Å². The quantitative estimate of drug-likeness (QED) is 0.778. The van der Waals surface area contributed by atoms with Crippen molar-refractivity contribution in [1.82, 2.24) is 0 Å². The molecule has 0 radical (unpaired) electrons. The van der Waals surface area contributed by atoms with Gasteiger partial charge in [-0.2, -0.15) is 0 Å². The van der Waals surface area contributed by atoms with Crippen LogP contribution in [0.3, 0.4) is 0 Å². The van der Waals surface area contributed by atoms with Gasteiger partial charge in [0, 0.05) is 5.41 Å². The molecule has 1 aromatic carbocycles. The van der Waals surface area contributed by atoms with Gasteiger partial charge < -0.3 is 10.5 Å². The fourth-order valence-electron chi connectivity index (χ4n) is 1.08. The lowest BCUT2D eigenvalue weighted by Crippen LogP contribution is -2.28. The molecule has 0 saturated carbocycles. The molecule has 0 unspecified atom stereocenters. The summed E-state index contributed by atoms with van der Waals surface area (Å²) in [4.78, 5) is 0. The van der Waals surface area contributed by atoms with E-state index in [1.165, 1.54) is 5.56 Å². The summed E-state index contributed by atoms with van der Waals surface area (Å²) in [6.45, 7) is 6.25. The van der Waals surface area contributed by atoms with Gasteiger partial charge in [0.15, 0.2) is 0 Å². The molecule has 2 nitrogen and oxygen atoms in total. The van der Waals surface area contributed by atoms with Gasteiger partial charge >= 0.3 is 0 Å². The zero-order valence-corrected chi connectivity index (χ0v) is 8.99. The third-order valence-corrected chi connectivity index (χ3v) is 2.16. The Morgan fingerprint density at radius 3 is 2.43 bits per heavy atom. The minimum atomic E-state index is 0.0782. The van der Waals surface area contributed by atoms with Crippen molar-refractivity contribution in [2.24, 2.45) is 11.1 Å². The maximum Gasteiger partial charge on any atom is 0.0717 e. The molecule has 0 aliphatic heterocycles. The normalized spacial score (nSPS) is 11.6. The highest BCUT2D eigenvalue weighted by atomic mass is 16.5. The Balaban J connectivity index is 2.29. The van der Waals surface area contributed by atoms with Crippen molar-refractivity contribution < 1.29 is 4.74 Å². The second kappa shape index (κ2) is 5.13. The molecular formula is C12H19NO. The van der Waals surface area contributed by atoms with Gasteiger partial charge in [-0.3, -0.25) is 0 Å². The largest absolute Gasteiger partial charge is 0.376 e. The molecule has 2 N–H and O–H groups in total. The number of rotatable bonds is 5. The lowest BCUT2D eigenvalue weighted by atomic mass is 9.95. The highest BCUT2D eigenvalue weighted by Crippen LogP contribution is 2.13. The average molecular weight is 193 g/mol. The minimum absolute atomic E-state index is 0.0782. The van der Waals surface area contributed by atoms with Crippen LogP contribution in [-0.4, -0.2) is 13.2 Å². The van der Waals surface area contributed by atoms with E-state index in [1.54, 1.807) is 0 Å². The van der Waals surface area contributed by atoms with Crippen LogP contribution in [0.1, 0.15) is 19.4 Å². The Kier molecular flexibility index (Phi) is 4.11. The van der Waals surface area contributed by atoms with E-state index in [2.05, 4.69) is 26.0 Å². The van der Waals surface area contributed by atoms with Crippen LogP contribution in [0.15, 0.2) is 30.3 Å². The van der Waals surface area contributed by atoms with Gasteiger partial charge in [-0.1, -0.05) is 44.2 Å². The number of nitrogens with two attached hydrogens (primary N) is 1. The van der Waals surface area contributed by atoms with Crippen LogP contribution >= 0.6 is 0 Å². The van der Waals surface area contributed by atoms with Crippen LogP contribution in [-0.2, 0) is 11.3 Å². The Morgan fingerprint density at radius 2 is 1.86 bits per heavy atom. The van der Waals surface area contributed by atoms with Crippen molar-refractivity contribution >= 4 is 0 Å². The first kappa shape index (κ1) is 11.2. The van der Waals surface area contributed by atoms with Gasteiger partial charge in [-0.05, 0) is 12.1 Å². The first-order valence-corrected chi connectivity index (χ1v) is 4.96. The van der Waals surface area contributed by atoms with Gasteiger partial charge in [0.25, 0.3) is 0 Å². The summed E-state index contributed by atoms with van der Waals surface area (Å²) in [7, 11) is 0. The molecule has 0 aromatic heterocycles. The maximum atomic E-state index is 5.61. The fraction of sp³-hybridized carbons (Fsp3) is 0.500. The molecular weight excluding hydrogens is 174 g/mol. The van der Waals surface area contributed by atoms with Crippen molar-refractivity contribution in [3.63, 3.8) is 0 Å². The number of benzene rings is 1. The molecule has 0 spiro atoms. The highest BCUT2D eigenvalue weighted by molar-refractivity contribution is 5.13. The molecule has 0 saturated heterocycles. The Bertz CT molecular complexity index is 256. The van der Waals surface area contributed by atoms with E-state index in [1.807, 2.05) is 18.2 Å². The van der Waals surface area contributed by atoms with E-state index in [9.17, 15) is 0 Å². The molecule has 0 atom stereocenters. The molecule has 0 fully saturated rings. The van der Waals surface area contributed by atoms with Gasteiger partial charge in [-0.25, -0.2) is 0 Å². The number of hydrogen-bond acceptors (Lipinski definition) is 2. The zero-order valence-electron chi connectivity index (χ0n) is 8.99. The summed E-state index contributed by atoms with van der Waals surface area (Å²) in [6, 6.07) is 10.2. The highest BCUT2D eigenvalue weighted by Gasteiger charge is 2.15. The van der Waals surface area contributed by atoms with E-state index in [0.717, 1.165) is 0 Å². The molecule has 1 aromatic rings. The predicted octanol–water partition coefficient (Wildman–Crippen LogP) is 2.19. The molecule has 78 valence electrons. The smallest absolute Gasteiger partial charge is 0.0717 e. The van der Waals surface area contributed by atoms with E-state index in [0.29, 0.717) is 19.8 Å². The summed E-state index contributed by atoms with van der Waals surface area (Å²) in [6.07, 6.45) is 0. The van der Waals surface area contributed by atoms with Crippen molar-refractivity contribution in [3.8, 4) is 0 Å². The maximum absolute atomic E-state index is 5.61. The average Bonchev–Trinajstić information content (AvgIpc) is 2.19. The molecule has 0 aliphatic carbocycles. The van der Waals surface area contributed by atoms with Gasteiger partial charge in [0.1, 0.15) is 0 Å². The molecule has 0 aliphatic rings. The van der Waals surface area contributed by atoms with Crippen LogP contribution in [0.5, 0.6) is 0 Å². The molecule has 0 heterocycles. The molecule has 0 amide bonds. The predicted molar refractivity (Wildman–Crippen MR) is 58.9 cm³/mol. The van der Waals surface area contributed by atoms with Crippen LogP contribution in [0.2, 0.25) is 0 Å². The lowest BCUT2D eigenvalue weighted by molar-refractivity contribution is 0.0553. The molecule has 0 bridgehead atoms. The first-order valence-electron chi connectivity index (χ1n) is 4.96. The molecule has 1 rings (SSSR count).